The van der Waals surface area contributed by atoms with E-state index >= 15 is 0 Å². The lowest BCUT2D eigenvalue weighted by atomic mass is 9.98. The van der Waals surface area contributed by atoms with Gasteiger partial charge >= 0.3 is 0 Å². The zero-order valence-electron chi connectivity index (χ0n) is 17.9. The summed E-state index contributed by atoms with van der Waals surface area (Å²) >= 11 is 0. The maximum absolute atomic E-state index is 13.2. The van der Waals surface area contributed by atoms with Gasteiger partial charge in [-0.15, -0.1) is 0 Å². The van der Waals surface area contributed by atoms with E-state index in [1.165, 1.54) is 31.4 Å². The van der Waals surface area contributed by atoms with Gasteiger partial charge in [-0.2, -0.15) is 0 Å². The highest BCUT2D eigenvalue weighted by Crippen LogP contribution is 2.32. The Balaban J connectivity index is 1.58. The molecule has 1 N–H and O–H groups in total. The summed E-state index contributed by atoms with van der Waals surface area (Å²) in [5.74, 6) is 0.254. The van der Waals surface area contributed by atoms with Crippen LogP contribution in [-0.4, -0.2) is 32.6 Å². The first-order valence-electron chi connectivity index (χ1n) is 10.2. The molecule has 164 valence electrons. The number of fused-ring (bicyclic) bond motifs is 1. The van der Waals surface area contributed by atoms with Crippen molar-refractivity contribution >= 4 is 23.2 Å². The number of halogens is 1. The SMILES string of the molecule is COc1ccc(OC)c(NC(=O)c2ccc3c(c2)CCCN3C(=O)c2ccc(F)cc2)c1. The number of anilines is 2. The molecule has 1 aliphatic rings. The molecule has 7 heteroatoms. The average Bonchev–Trinajstić information content (AvgIpc) is 2.83. The summed E-state index contributed by atoms with van der Waals surface area (Å²) in [5.41, 5.74) is 3.08. The van der Waals surface area contributed by atoms with E-state index in [-0.39, 0.29) is 17.6 Å². The van der Waals surface area contributed by atoms with E-state index in [9.17, 15) is 14.0 Å². The number of rotatable bonds is 5. The Bertz CT molecular complexity index is 1160. The Hall–Kier alpha value is -3.87. The van der Waals surface area contributed by atoms with Crippen LogP contribution >= 0.6 is 0 Å². The molecule has 0 aliphatic carbocycles. The lowest BCUT2D eigenvalue weighted by molar-refractivity contribution is 0.0984. The smallest absolute Gasteiger partial charge is 0.258 e. The zero-order valence-corrected chi connectivity index (χ0v) is 17.9. The number of hydrogen-bond donors (Lipinski definition) is 1. The van der Waals surface area contributed by atoms with Crippen LogP contribution in [-0.2, 0) is 6.42 Å². The maximum atomic E-state index is 13.2. The minimum Gasteiger partial charge on any atom is -0.497 e. The molecule has 1 aliphatic heterocycles. The molecular formula is C25H23FN2O4. The molecule has 0 saturated heterocycles. The number of nitrogens with zero attached hydrogens (tertiary/aromatic N) is 1. The maximum Gasteiger partial charge on any atom is 0.258 e. The number of hydrogen-bond acceptors (Lipinski definition) is 4. The van der Waals surface area contributed by atoms with Gasteiger partial charge in [0.05, 0.1) is 19.9 Å². The van der Waals surface area contributed by atoms with Crippen molar-refractivity contribution in [1.29, 1.82) is 0 Å². The summed E-state index contributed by atoms with van der Waals surface area (Å²) < 4.78 is 23.8. The number of carbonyl (C=O) groups excluding carboxylic acids is 2. The van der Waals surface area contributed by atoms with Crippen molar-refractivity contribution in [3.05, 3.63) is 83.2 Å². The molecule has 4 rings (SSSR count). The Labute approximate surface area is 185 Å². The fraction of sp³-hybridized carbons (Fsp3) is 0.200. The number of ether oxygens (including phenoxy) is 2. The van der Waals surface area contributed by atoms with Gasteiger partial charge in [0, 0.05) is 29.4 Å². The molecule has 32 heavy (non-hydrogen) atoms. The molecule has 0 bridgehead atoms. The third-order valence-corrected chi connectivity index (χ3v) is 5.45. The molecule has 2 amide bonds. The Morgan fingerprint density at radius 2 is 1.69 bits per heavy atom. The van der Waals surface area contributed by atoms with Crippen LogP contribution in [0.4, 0.5) is 15.8 Å². The normalized spacial score (nSPS) is 12.7. The van der Waals surface area contributed by atoms with Gasteiger partial charge in [0.15, 0.2) is 0 Å². The first kappa shape index (κ1) is 21.4. The molecule has 0 radical (unpaired) electrons. The third-order valence-electron chi connectivity index (χ3n) is 5.45. The number of nitrogens with one attached hydrogen (secondary N) is 1. The van der Waals surface area contributed by atoms with Crippen molar-refractivity contribution in [3.8, 4) is 11.5 Å². The van der Waals surface area contributed by atoms with Gasteiger partial charge in [0.25, 0.3) is 11.8 Å². The van der Waals surface area contributed by atoms with Crippen molar-refractivity contribution in [2.45, 2.75) is 12.8 Å². The molecule has 3 aromatic carbocycles. The number of methoxy groups -OCH3 is 2. The van der Waals surface area contributed by atoms with E-state index in [1.807, 2.05) is 0 Å². The topological polar surface area (TPSA) is 67.9 Å². The lowest BCUT2D eigenvalue weighted by Crippen LogP contribution is -2.35. The lowest BCUT2D eigenvalue weighted by Gasteiger charge is -2.30. The highest BCUT2D eigenvalue weighted by molar-refractivity contribution is 6.08. The second-order valence-corrected chi connectivity index (χ2v) is 7.43. The Morgan fingerprint density at radius 3 is 2.41 bits per heavy atom. The molecule has 0 aromatic heterocycles. The van der Waals surface area contributed by atoms with Crippen molar-refractivity contribution in [3.63, 3.8) is 0 Å². The van der Waals surface area contributed by atoms with E-state index in [0.29, 0.717) is 34.9 Å². The highest BCUT2D eigenvalue weighted by atomic mass is 19.1. The molecule has 3 aromatic rings. The molecule has 6 nitrogen and oxygen atoms in total. The molecule has 0 fully saturated rings. The largest absolute Gasteiger partial charge is 0.497 e. The fourth-order valence-electron chi connectivity index (χ4n) is 3.80. The molecule has 0 saturated carbocycles. The van der Waals surface area contributed by atoms with Crippen LogP contribution in [0, 0.1) is 5.82 Å². The van der Waals surface area contributed by atoms with Crippen molar-refractivity contribution in [1.82, 2.24) is 0 Å². The van der Waals surface area contributed by atoms with Crippen LogP contribution in [0.1, 0.15) is 32.7 Å². The minimum absolute atomic E-state index is 0.190. The minimum atomic E-state index is -0.385. The van der Waals surface area contributed by atoms with Gasteiger partial charge < -0.3 is 19.7 Å². The van der Waals surface area contributed by atoms with E-state index in [4.69, 9.17) is 9.47 Å². The number of aryl methyl sites for hydroxylation is 1. The van der Waals surface area contributed by atoms with Crippen LogP contribution in [0.2, 0.25) is 0 Å². The Kier molecular flexibility index (Phi) is 6.07. The fourth-order valence-corrected chi connectivity index (χ4v) is 3.80. The van der Waals surface area contributed by atoms with Gasteiger partial charge in [-0.1, -0.05) is 0 Å². The van der Waals surface area contributed by atoms with Gasteiger partial charge in [0.1, 0.15) is 17.3 Å². The van der Waals surface area contributed by atoms with Gasteiger partial charge in [-0.05, 0) is 73.0 Å². The number of benzene rings is 3. The quantitative estimate of drug-likeness (QED) is 0.633. The molecule has 0 unspecified atom stereocenters. The van der Waals surface area contributed by atoms with Crippen molar-refractivity contribution < 1.29 is 23.5 Å². The van der Waals surface area contributed by atoms with Crippen molar-refractivity contribution in [2.24, 2.45) is 0 Å². The van der Waals surface area contributed by atoms with Gasteiger partial charge in [-0.3, -0.25) is 9.59 Å². The summed E-state index contributed by atoms with van der Waals surface area (Å²) in [7, 11) is 3.08. The monoisotopic (exact) mass is 434 g/mol. The second-order valence-electron chi connectivity index (χ2n) is 7.43. The summed E-state index contributed by atoms with van der Waals surface area (Å²) in [6.45, 7) is 0.565. The second kappa shape index (κ2) is 9.09. The van der Waals surface area contributed by atoms with Gasteiger partial charge in [-0.25, -0.2) is 4.39 Å². The van der Waals surface area contributed by atoms with E-state index in [1.54, 1.807) is 48.4 Å². The number of carbonyl (C=O) groups is 2. The average molecular weight is 434 g/mol. The van der Waals surface area contributed by atoms with E-state index < -0.39 is 0 Å². The number of amides is 2. The first-order chi connectivity index (χ1) is 15.5. The van der Waals surface area contributed by atoms with Crippen LogP contribution in [0.3, 0.4) is 0 Å². The van der Waals surface area contributed by atoms with E-state index in [0.717, 1.165) is 24.1 Å². The summed E-state index contributed by atoms with van der Waals surface area (Å²) in [6, 6.07) is 16.0. The van der Waals surface area contributed by atoms with Gasteiger partial charge in [0.2, 0.25) is 0 Å². The van der Waals surface area contributed by atoms with Crippen LogP contribution in [0.5, 0.6) is 11.5 Å². The molecule has 1 heterocycles. The molecule has 0 spiro atoms. The zero-order chi connectivity index (χ0) is 22.7. The third kappa shape index (κ3) is 4.27. The predicted molar refractivity (Wildman–Crippen MR) is 120 cm³/mol. The molecule has 0 atom stereocenters. The summed E-state index contributed by atoms with van der Waals surface area (Å²) in [5, 5.41) is 2.86. The highest BCUT2D eigenvalue weighted by Gasteiger charge is 2.24. The Morgan fingerprint density at radius 1 is 0.938 bits per heavy atom. The standard InChI is InChI=1S/C25H23FN2O4/c1-31-20-10-12-23(32-2)21(15-20)27-24(29)18-7-11-22-17(14-18)4-3-13-28(22)25(30)16-5-8-19(26)9-6-16/h5-12,14-15H,3-4,13H2,1-2H3,(H,27,29). The first-order valence-corrected chi connectivity index (χ1v) is 10.2. The summed E-state index contributed by atoms with van der Waals surface area (Å²) in [4.78, 5) is 27.6. The van der Waals surface area contributed by atoms with E-state index in [2.05, 4.69) is 5.32 Å². The molecular weight excluding hydrogens is 411 g/mol. The van der Waals surface area contributed by atoms with Crippen molar-refractivity contribution in [2.75, 3.05) is 31.0 Å². The van der Waals surface area contributed by atoms with Crippen LogP contribution < -0.4 is 19.7 Å². The van der Waals surface area contributed by atoms with Crippen LogP contribution in [0.25, 0.3) is 0 Å². The van der Waals surface area contributed by atoms with Crippen LogP contribution in [0.15, 0.2) is 60.7 Å². The predicted octanol–water partition coefficient (Wildman–Crippen LogP) is 4.69. The summed E-state index contributed by atoms with van der Waals surface area (Å²) in [6.07, 6.45) is 1.53.